The molecule has 0 aliphatic heterocycles. The van der Waals surface area contributed by atoms with Crippen LogP contribution in [-0.2, 0) is 6.42 Å². The topological polar surface area (TPSA) is 24.9 Å². The zero-order valence-corrected chi connectivity index (χ0v) is 15.5. The summed E-state index contributed by atoms with van der Waals surface area (Å²) in [5, 5.41) is 3.62. The van der Waals surface area contributed by atoms with Crippen molar-refractivity contribution in [2.75, 3.05) is 6.54 Å². The summed E-state index contributed by atoms with van der Waals surface area (Å²) in [4.78, 5) is 4.49. The van der Waals surface area contributed by atoms with Crippen LogP contribution in [0.25, 0.3) is 0 Å². The van der Waals surface area contributed by atoms with E-state index in [1.54, 1.807) is 0 Å². The third kappa shape index (κ3) is 4.90. The quantitative estimate of drug-likeness (QED) is 0.706. The number of halogens is 2. The number of aryl methyl sites for hydroxylation is 1. The summed E-state index contributed by atoms with van der Waals surface area (Å²) >= 11 is 7.06. The summed E-state index contributed by atoms with van der Waals surface area (Å²) < 4.78 is 2.18. The fourth-order valence-electron chi connectivity index (χ4n) is 2.19. The zero-order chi connectivity index (χ0) is 15.2. The van der Waals surface area contributed by atoms with Gasteiger partial charge in [-0.1, -0.05) is 35.0 Å². The van der Waals surface area contributed by atoms with Crippen LogP contribution < -0.4 is 5.32 Å². The Hall–Kier alpha value is -0.710. The molecule has 0 bridgehead atoms. The minimum absolute atomic E-state index is 0.288. The molecule has 2 nitrogen and oxygen atoms in total. The molecule has 0 amide bonds. The van der Waals surface area contributed by atoms with Gasteiger partial charge in [-0.25, -0.2) is 0 Å². The van der Waals surface area contributed by atoms with Gasteiger partial charge in [0.2, 0.25) is 0 Å². The Morgan fingerprint density at radius 3 is 2.62 bits per heavy atom. The van der Waals surface area contributed by atoms with Crippen molar-refractivity contribution in [2.45, 2.75) is 32.7 Å². The van der Waals surface area contributed by atoms with E-state index in [0.29, 0.717) is 0 Å². The molecule has 112 valence electrons. The molecule has 0 radical (unpaired) electrons. The van der Waals surface area contributed by atoms with Crippen molar-refractivity contribution in [2.24, 2.45) is 0 Å². The molecule has 1 atom stereocenters. The van der Waals surface area contributed by atoms with Crippen LogP contribution in [0.15, 0.2) is 45.5 Å². The number of hydrogen-bond acceptors (Lipinski definition) is 2. The van der Waals surface area contributed by atoms with E-state index in [4.69, 9.17) is 0 Å². The number of nitrogens with one attached hydrogen (secondary N) is 1. The molecule has 2 rings (SSSR count). The second-order valence-electron chi connectivity index (χ2n) is 5.19. The van der Waals surface area contributed by atoms with E-state index in [2.05, 4.69) is 80.3 Å². The Morgan fingerprint density at radius 1 is 1.19 bits per heavy atom. The molecule has 0 fully saturated rings. The predicted octanol–water partition coefficient (Wildman–Crippen LogP) is 5.20. The first-order chi connectivity index (χ1) is 10.1. The monoisotopic (exact) mass is 410 g/mol. The number of hydrogen-bond donors (Lipinski definition) is 1. The highest BCUT2D eigenvalue weighted by Gasteiger charge is 2.13. The molecule has 1 unspecified atom stereocenters. The summed E-state index contributed by atoms with van der Waals surface area (Å²) in [5.41, 5.74) is 3.66. The lowest BCUT2D eigenvalue weighted by Gasteiger charge is -2.19. The van der Waals surface area contributed by atoms with Gasteiger partial charge >= 0.3 is 0 Å². The lowest BCUT2D eigenvalue weighted by Crippen LogP contribution is -2.24. The maximum absolute atomic E-state index is 4.49. The molecule has 21 heavy (non-hydrogen) atoms. The summed E-state index contributed by atoms with van der Waals surface area (Å²) in [6, 6.07) is 11.0. The van der Waals surface area contributed by atoms with Crippen molar-refractivity contribution in [1.29, 1.82) is 0 Å². The molecule has 1 N–H and O–H groups in total. The van der Waals surface area contributed by atoms with E-state index >= 15 is 0 Å². The highest BCUT2D eigenvalue weighted by atomic mass is 79.9. The first-order valence-corrected chi connectivity index (χ1v) is 8.78. The average Bonchev–Trinajstić information content (AvgIpc) is 2.48. The number of nitrogens with zero attached hydrogens (tertiary/aromatic N) is 1. The summed E-state index contributed by atoms with van der Waals surface area (Å²) in [5.74, 6) is 0. The maximum Gasteiger partial charge on any atom is 0.0423 e. The lowest BCUT2D eigenvalue weighted by atomic mass is 10.0. The summed E-state index contributed by atoms with van der Waals surface area (Å²) in [6.45, 7) is 5.30. The lowest BCUT2D eigenvalue weighted by molar-refractivity contribution is 0.524. The van der Waals surface area contributed by atoms with Gasteiger partial charge in [0.05, 0.1) is 0 Å². The maximum atomic E-state index is 4.49. The van der Waals surface area contributed by atoms with E-state index in [9.17, 15) is 0 Å². The van der Waals surface area contributed by atoms with Gasteiger partial charge < -0.3 is 5.32 Å². The molecule has 0 aliphatic carbocycles. The van der Waals surface area contributed by atoms with Gasteiger partial charge in [0.25, 0.3) is 0 Å². The van der Waals surface area contributed by atoms with E-state index in [1.807, 2.05) is 12.3 Å². The van der Waals surface area contributed by atoms with Crippen LogP contribution in [0.2, 0.25) is 0 Å². The summed E-state index contributed by atoms with van der Waals surface area (Å²) in [6.07, 6.45) is 3.87. The Morgan fingerprint density at radius 2 is 2.00 bits per heavy atom. The molecular formula is C17H20Br2N2. The van der Waals surface area contributed by atoms with E-state index in [-0.39, 0.29) is 6.04 Å². The van der Waals surface area contributed by atoms with Crippen molar-refractivity contribution in [3.63, 3.8) is 0 Å². The molecule has 1 aromatic heterocycles. The molecule has 0 saturated carbocycles. The van der Waals surface area contributed by atoms with Gasteiger partial charge in [-0.3, -0.25) is 4.98 Å². The fourth-order valence-corrected chi connectivity index (χ4v) is 2.82. The average molecular weight is 412 g/mol. The Balaban J connectivity index is 2.20. The molecule has 0 aliphatic rings. The number of rotatable bonds is 6. The smallest absolute Gasteiger partial charge is 0.0423 e. The Bertz CT molecular complexity index is 582. The molecule has 4 heteroatoms. The molecule has 1 heterocycles. The van der Waals surface area contributed by atoms with Crippen molar-refractivity contribution in [3.05, 3.63) is 62.3 Å². The van der Waals surface area contributed by atoms with Gasteiger partial charge in [0.15, 0.2) is 0 Å². The second kappa shape index (κ2) is 8.06. The van der Waals surface area contributed by atoms with Gasteiger partial charge in [-0.15, -0.1) is 0 Å². The van der Waals surface area contributed by atoms with Crippen LogP contribution in [0, 0.1) is 6.92 Å². The molecule has 2 aromatic rings. The highest BCUT2D eigenvalue weighted by Crippen LogP contribution is 2.24. The first-order valence-electron chi connectivity index (χ1n) is 7.20. The van der Waals surface area contributed by atoms with E-state index in [1.165, 1.54) is 11.1 Å². The third-order valence-electron chi connectivity index (χ3n) is 3.44. The Kier molecular flexibility index (Phi) is 6.40. The molecular weight excluding hydrogens is 392 g/mol. The van der Waals surface area contributed by atoms with Crippen molar-refractivity contribution in [3.8, 4) is 0 Å². The largest absolute Gasteiger partial charge is 0.310 e. The van der Waals surface area contributed by atoms with E-state index < -0.39 is 0 Å². The van der Waals surface area contributed by atoms with Gasteiger partial charge in [-0.05, 0) is 65.1 Å². The fraction of sp³-hybridized carbons (Fsp3) is 0.353. The van der Waals surface area contributed by atoms with Crippen molar-refractivity contribution < 1.29 is 0 Å². The first kappa shape index (κ1) is 16.7. The standard InChI is InChI=1S/C17H20Br2N2/c1-3-8-20-17(10-15-7-6-14(18)11-21-15)13-5-4-12(2)16(19)9-13/h4-7,9,11,17,20H,3,8,10H2,1-2H3. The molecule has 0 saturated heterocycles. The number of pyridine rings is 1. The molecule has 1 aromatic carbocycles. The van der Waals surface area contributed by atoms with Crippen LogP contribution >= 0.6 is 31.9 Å². The minimum atomic E-state index is 0.288. The van der Waals surface area contributed by atoms with Gasteiger partial charge in [0.1, 0.15) is 0 Å². The van der Waals surface area contributed by atoms with Crippen LogP contribution in [0.1, 0.15) is 36.2 Å². The van der Waals surface area contributed by atoms with Crippen LogP contribution in [0.4, 0.5) is 0 Å². The van der Waals surface area contributed by atoms with Crippen LogP contribution in [0.3, 0.4) is 0 Å². The van der Waals surface area contributed by atoms with Crippen molar-refractivity contribution >= 4 is 31.9 Å². The third-order valence-corrected chi connectivity index (χ3v) is 4.76. The normalized spacial score (nSPS) is 12.4. The van der Waals surface area contributed by atoms with Crippen LogP contribution in [-0.4, -0.2) is 11.5 Å². The number of benzene rings is 1. The zero-order valence-electron chi connectivity index (χ0n) is 12.4. The summed E-state index contributed by atoms with van der Waals surface area (Å²) in [7, 11) is 0. The van der Waals surface area contributed by atoms with Gasteiger partial charge in [-0.2, -0.15) is 0 Å². The predicted molar refractivity (Wildman–Crippen MR) is 95.6 cm³/mol. The van der Waals surface area contributed by atoms with Crippen molar-refractivity contribution in [1.82, 2.24) is 10.3 Å². The minimum Gasteiger partial charge on any atom is -0.310 e. The SMILES string of the molecule is CCCNC(Cc1ccc(Br)cn1)c1ccc(C)c(Br)c1. The Labute approximate surface area is 143 Å². The van der Waals surface area contributed by atoms with Gasteiger partial charge in [0, 0.05) is 33.3 Å². The highest BCUT2D eigenvalue weighted by molar-refractivity contribution is 9.10. The number of aromatic nitrogens is 1. The van der Waals surface area contributed by atoms with Crippen LogP contribution in [0.5, 0.6) is 0 Å². The molecule has 0 spiro atoms. The second-order valence-corrected chi connectivity index (χ2v) is 6.96. The van der Waals surface area contributed by atoms with E-state index in [0.717, 1.165) is 34.0 Å².